The Labute approximate surface area is 157 Å². The Morgan fingerprint density at radius 2 is 1.59 bits per heavy atom. The van der Waals surface area contributed by atoms with Crippen molar-refractivity contribution in [3.05, 3.63) is 65.5 Å². The molecule has 0 spiro atoms. The molecule has 3 rings (SSSR count). The van der Waals surface area contributed by atoms with Gasteiger partial charge in [0, 0.05) is 19.6 Å². The molecule has 0 bridgehead atoms. The first-order chi connectivity index (χ1) is 12.9. The molecule has 2 aromatic carbocycles. The van der Waals surface area contributed by atoms with E-state index in [-0.39, 0.29) is 12.5 Å². The lowest BCUT2D eigenvalue weighted by atomic mass is 9.98. The molecule has 2 aromatic rings. The van der Waals surface area contributed by atoms with Gasteiger partial charge in [0.05, 0.1) is 4.90 Å². The summed E-state index contributed by atoms with van der Waals surface area (Å²) in [5.41, 5.74) is 0.329. The molecule has 0 amide bonds. The maximum Gasteiger partial charge on any atom is 0.243 e. The van der Waals surface area contributed by atoms with Crippen molar-refractivity contribution in [2.45, 2.75) is 24.3 Å². The van der Waals surface area contributed by atoms with Crippen molar-refractivity contribution < 1.29 is 21.6 Å². The van der Waals surface area contributed by atoms with E-state index < -0.39 is 27.5 Å². The van der Waals surface area contributed by atoms with Gasteiger partial charge in [0.2, 0.25) is 10.0 Å². The van der Waals surface area contributed by atoms with Crippen LogP contribution in [0, 0.1) is 23.4 Å². The monoisotopic (exact) mass is 398 g/mol. The Balaban J connectivity index is 1.49. The van der Waals surface area contributed by atoms with Crippen LogP contribution in [0.4, 0.5) is 13.2 Å². The second-order valence-corrected chi connectivity index (χ2v) is 8.60. The van der Waals surface area contributed by atoms with Gasteiger partial charge in [-0.05, 0) is 55.1 Å². The summed E-state index contributed by atoms with van der Waals surface area (Å²) >= 11 is 0. The summed E-state index contributed by atoms with van der Waals surface area (Å²) < 4.78 is 66.1. The minimum absolute atomic E-state index is 0.219. The third-order valence-electron chi connectivity index (χ3n) is 4.76. The summed E-state index contributed by atoms with van der Waals surface area (Å²) in [5.74, 6) is -3.61. The van der Waals surface area contributed by atoms with E-state index in [0.717, 1.165) is 12.1 Å². The van der Waals surface area contributed by atoms with Gasteiger partial charge >= 0.3 is 0 Å². The van der Waals surface area contributed by atoms with Crippen molar-refractivity contribution >= 4 is 10.0 Å². The maximum absolute atomic E-state index is 13.2. The summed E-state index contributed by atoms with van der Waals surface area (Å²) in [7, 11) is -3.47. The van der Waals surface area contributed by atoms with Gasteiger partial charge in [-0.2, -0.15) is 4.31 Å². The van der Waals surface area contributed by atoms with Crippen molar-refractivity contribution in [2.24, 2.45) is 5.92 Å². The molecule has 1 aliphatic heterocycles. The second kappa shape index (κ2) is 8.41. The summed E-state index contributed by atoms with van der Waals surface area (Å²) in [4.78, 5) is 0.293. The minimum atomic E-state index is -3.47. The highest BCUT2D eigenvalue weighted by molar-refractivity contribution is 7.89. The lowest BCUT2D eigenvalue weighted by Gasteiger charge is -2.31. The van der Waals surface area contributed by atoms with Crippen LogP contribution in [-0.4, -0.2) is 32.4 Å². The van der Waals surface area contributed by atoms with Gasteiger partial charge in [0.25, 0.3) is 0 Å². The third kappa shape index (κ3) is 4.69. The highest BCUT2D eigenvalue weighted by atomic mass is 32.2. The second-order valence-electron chi connectivity index (χ2n) is 6.66. The Hall–Kier alpha value is -1.90. The van der Waals surface area contributed by atoms with E-state index in [2.05, 4.69) is 5.32 Å². The molecular formula is C19H21F3N2O2S. The van der Waals surface area contributed by atoms with E-state index in [4.69, 9.17) is 0 Å². The molecule has 1 heterocycles. The van der Waals surface area contributed by atoms with Crippen molar-refractivity contribution in [2.75, 3.05) is 19.6 Å². The molecule has 8 heteroatoms. The van der Waals surface area contributed by atoms with E-state index in [0.29, 0.717) is 42.9 Å². The van der Waals surface area contributed by atoms with Crippen molar-refractivity contribution in [1.29, 1.82) is 0 Å². The first-order valence-corrected chi connectivity index (χ1v) is 10.2. The molecule has 1 saturated heterocycles. The molecule has 1 N–H and O–H groups in total. The first-order valence-electron chi connectivity index (χ1n) is 8.77. The molecular weight excluding hydrogens is 377 g/mol. The fourth-order valence-electron chi connectivity index (χ4n) is 3.23. The van der Waals surface area contributed by atoms with Crippen LogP contribution in [0.5, 0.6) is 0 Å². The van der Waals surface area contributed by atoms with Gasteiger partial charge in [-0.15, -0.1) is 0 Å². The van der Waals surface area contributed by atoms with Crippen molar-refractivity contribution in [1.82, 2.24) is 9.62 Å². The Morgan fingerprint density at radius 3 is 2.19 bits per heavy atom. The fraction of sp³-hybridized carbons (Fsp3) is 0.368. The van der Waals surface area contributed by atoms with Crippen LogP contribution < -0.4 is 5.32 Å². The van der Waals surface area contributed by atoms with Crippen LogP contribution in [0.1, 0.15) is 18.4 Å². The zero-order valence-electron chi connectivity index (χ0n) is 14.7. The van der Waals surface area contributed by atoms with Crippen molar-refractivity contribution in [3.8, 4) is 0 Å². The zero-order valence-corrected chi connectivity index (χ0v) is 15.5. The topological polar surface area (TPSA) is 49.4 Å². The van der Waals surface area contributed by atoms with Crippen LogP contribution in [0.25, 0.3) is 0 Å². The quantitative estimate of drug-likeness (QED) is 0.760. The van der Waals surface area contributed by atoms with Gasteiger partial charge in [0.15, 0.2) is 17.5 Å². The molecule has 0 saturated carbocycles. The molecule has 0 aromatic heterocycles. The predicted octanol–water partition coefficient (Wildman–Crippen LogP) is 3.29. The maximum atomic E-state index is 13.2. The third-order valence-corrected chi connectivity index (χ3v) is 6.67. The van der Waals surface area contributed by atoms with Crippen molar-refractivity contribution in [3.63, 3.8) is 0 Å². The molecule has 0 radical (unpaired) electrons. The van der Waals surface area contributed by atoms with E-state index in [9.17, 15) is 21.6 Å². The van der Waals surface area contributed by atoms with Crippen LogP contribution >= 0.6 is 0 Å². The highest BCUT2D eigenvalue weighted by Crippen LogP contribution is 2.23. The van der Waals surface area contributed by atoms with Gasteiger partial charge < -0.3 is 5.32 Å². The molecule has 27 heavy (non-hydrogen) atoms. The Morgan fingerprint density at radius 1 is 1.00 bits per heavy atom. The number of nitrogens with zero attached hydrogens (tertiary/aromatic N) is 1. The molecule has 0 aliphatic carbocycles. The summed E-state index contributed by atoms with van der Waals surface area (Å²) in [6.45, 7) is 1.68. The van der Waals surface area contributed by atoms with Gasteiger partial charge in [-0.25, -0.2) is 21.6 Å². The number of halogens is 3. The standard InChI is InChI=1S/C19H21F3N2O2S/c20-17-10-15(11-18(21)19(17)22)13-23-12-14-6-8-24(9-7-14)27(25,26)16-4-2-1-3-5-16/h1-5,10-11,14,23H,6-9,12-13H2. The number of sulfonamides is 1. The van der Waals surface area contributed by atoms with Crippen LogP contribution in [0.15, 0.2) is 47.4 Å². The smallest absolute Gasteiger partial charge is 0.243 e. The number of nitrogens with one attached hydrogen (secondary N) is 1. The van der Waals surface area contributed by atoms with Crippen LogP contribution in [-0.2, 0) is 16.6 Å². The predicted molar refractivity (Wildman–Crippen MR) is 95.9 cm³/mol. The average molecular weight is 398 g/mol. The summed E-state index contributed by atoms with van der Waals surface area (Å²) in [6, 6.07) is 10.3. The largest absolute Gasteiger partial charge is 0.312 e. The number of hydrogen-bond donors (Lipinski definition) is 1. The lowest BCUT2D eigenvalue weighted by molar-refractivity contribution is 0.267. The fourth-order valence-corrected chi connectivity index (χ4v) is 4.72. The zero-order chi connectivity index (χ0) is 19.4. The highest BCUT2D eigenvalue weighted by Gasteiger charge is 2.29. The average Bonchev–Trinajstić information content (AvgIpc) is 2.67. The number of rotatable bonds is 6. The Kier molecular flexibility index (Phi) is 6.18. The van der Waals surface area contributed by atoms with E-state index in [1.807, 2.05) is 0 Å². The minimum Gasteiger partial charge on any atom is -0.312 e. The molecule has 4 nitrogen and oxygen atoms in total. The summed E-state index contributed by atoms with van der Waals surface area (Å²) in [6.07, 6.45) is 1.40. The molecule has 0 atom stereocenters. The van der Waals surface area contributed by atoms with Crippen LogP contribution in [0.2, 0.25) is 0 Å². The van der Waals surface area contributed by atoms with E-state index in [1.165, 1.54) is 4.31 Å². The SMILES string of the molecule is O=S(=O)(c1ccccc1)N1CCC(CNCc2cc(F)c(F)c(F)c2)CC1. The number of benzene rings is 2. The lowest BCUT2D eigenvalue weighted by Crippen LogP contribution is -2.40. The molecule has 0 unspecified atom stereocenters. The molecule has 1 aliphatic rings. The first kappa shape index (κ1) is 19.9. The number of hydrogen-bond acceptors (Lipinski definition) is 3. The molecule has 146 valence electrons. The van der Waals surface area contributed by atoms with Gasteiger partial charge in [0.1, 0.15) is 0 Å². The van der Waals surface area contributed by atoms with E-state index in [1.54, 1.807) is 30.3 Å². The Bertz CT molecular complexity index is 860. The molecule has 1 fully saturated rings. The van der Waals surface area contributed by atoms with Crippen LogP contribution in [0.3, 0.4) is 0 Å². The van der Waals surface area contributed by atoms with Gasteiger partial charge in [-0.1, -0.05) is 18.2 Å². The normalized spacial score (nSPS) is 16.6. The summed E-state index contributed by atoms with van der Waals surface area (Å²) in [5, 5.41) is 3.11. The van der Waals surface area contributed by atoms with Gasteiger partial charge in [-0.3, -0.25) is 0 Å². The van der Waals surface area contributed by atoms with E-state index >= 15 is 0 Å². The number of piperidine rings is 1.